The minimum Gasteiger partial charge on any atom is -0.319 e. The van der Waals surface area contributed by atoms with Crippen LogP contribution in [0.5, 0.6) is 0 Å². The minimum absolute atomic E-state index is 0.0216. The number of halogens is 2. The number of hydrogen-bond acceptors (Lipinski definition) is 4. The number of nitriles is 1. The average Bonchev–Trinajstić information content (AvgIpc) is 2.52. The van der Waals surface area contributed by atoms with Gasteiger partial charge in [0, 0.05) is 11.3 Å². The van der Waals surface area contributed by atoms with Gasteiger partial charge in [-0.3, -0.25) is 0 Å². The van der Waals surface area contributed by atoms with Crippen LogP contribution in [0.1, 0.15) is 32.3 Å². The molecule has 0 bridgehead atoms. The maximum absolute atomic E-state index is 13.8. The van der Waals surface area contributed by atoms with Gasteiger partial charge in [0.1, 0.15) is 12.5 Å². The number of benzene rings is 1. The highest BCUT2D eigenvalue weighted by atomic mass is 32.2. The smallest absolute Gasteiger partial charge is 0.168 e. The molecule has 7 heteroatoms. The van der Waals surface area contributed by atoms with Crippen molar-refractivity contribution >= 4 is 9.84 Å². The van der Waals surface area contributed by atoms with Gasteiger partial charge in [0.05, 0.1) is 11.6 Å². The van der Waals surface area contributed by atoms with Crippen LogP contribution in [-0.4, -0.2) is 25.6 Å². The molecule has 1 aromatic rings. The molecule has 0 heterocycles. The first kappa shape index (κ1) is 18.5. The predicted molar refractivity (Wildman–Crippen MR) is 81.0 cm³/mol. The Kier molecular flexibility index (Phi) is 5.65. The molecule has 0 amide bonds. The molecule has 22 heavy (non-hydrogen) atoms. The highest BCUT2D eigenvalue weighted by Gasteiger charge is 2.41. The molecule has 122 valence electrons. The summed E-state index contributed by atoms with van der Waals surface area (Å²) in [5.74, 6) is -0.858. The SMILES string of the molecule is CCS(=O)(=O)[C@@](C)(C#N)CC[C@@](N)(CF)c1ccccc1F. The lowest BCUT2D eigenvalue weighted by atomic mass is 9.85. The summed E-state index contributed by atoms with van der Waals surface area (Å²) in [5.41, 5.74) is 4.27. The lowest BCUT2D eigenvalue weighted by Gasteiger charge is -2.30. The molecule has 0 saturated carbocycles. The Balaban J connectivity index is 3.11. The van der Waals surface area contributed by atoms with Crippen molar-refractivity contribution in [1.82, 2.24) is 0 Å². The third kappa shape index (κ3) is 3.45. The van der Waals surface area contributed by atoms with Crippen LogP contribution >= 0.6 is 0 Å². The van der Waals surface area contributed by atoms with E-state index in [-0.39, 0.29) is 24.2 Å². The van der Waals surface area contributed by atoms with Gasteiger partial charge in [-0.25, -0.2) is 17.2 Å². The molecule has 1 aromatic carbocycles. The fourth-order valence-corrected chi connectivity index (χ4v) is 3.39. The maximum Gasteiger partial charge on any atom is 0.168 e. The molecule has 1 rings (SSSR count). The Morgan fingerprint density at radius 1 is 1.32 bits per heavy atom. The molecule has 0 unspecified atom stereocenters. The second-order valence-corrected chi connectivity index (χ2v) is 8.22. The second-order valence-electron chi connectivity index (χ2n) is 5.52. The van der Waals surface area contributed by atoms with Gasteiger partial charge < -0.3 is 5.73 Å². The van der Waals surface area contributed by atoms with Crippen LogP contribution in [0.3, 0.4) is 0 Å². The van der Waals surface area contributed by atoms with E-state index >= 15 is 0 Å². The first-order valence-corrected chi connectivity index (χ1v) is 8.54. The molecule has 0 aliphatic heterocycles. The summed E-state index contributed by atoms with van der Waals surface area (Å²) in [7, 11) is -3.67. The van der Waals surface area contributed by atoms with Crippen molar-refractivity contribution < 1.29 is 17.2 Å². The largest absolute Gasteiger partial charge is 0.319 e. The van der Waals surface area contributed by atoms with E-state index in [0.29, 0.717) is 0 Å². The molecule has 0 fully saturated rings. The normalized spacial score (nSPS) is 17.3. The van der Waals surface area contributed by atoms with Crippen LogP contribution < -0.4 is 5.73 Å². The fourth-order valence-electron chi connectivity index (χ4n) is 2.20. The summed E-state index contributed by atoms with van der Waals surface area (Å²) in [6.45, 7) is 1.67. The number of alkyl halides is 1. The van der Waals surface area contributed by atoms with Crippen LogP contribution in [-0.2, 0) is 15.4 Å². The number of sulfone groups is 1. The number of nitrogens with zero attached hydrogens (tertiary/aromatic N) is 1. The topological polar surface area (TPSA) is 84.0 Å². The molecule has 0 saturated heterocycles. The van der Waals surface area contributed by atoms with Crippen LogP contribution in [0.25, 0.3) is 0 Å². The Labute approximate surface area is 129 Å². The van der Waals surface area contributed by atoms with E-state index in [1.807, 2.05) is 0 Å². The second kappa shape index (κ2) is 6.71. The average molecular weight is 330 g/mol. The molecule has 0 aromatic heterocycles. The summed E-state index contributed by atoms with van der Waals surface area (Å²) >= 11 is 0. The van der Waals surface area contributed by atoms with E-state index in [0.717, 1.165) is 0 Å². The molecule has 2 atom stereocenters. The van der Waals surface area contributed by atoms with Gasteiger partial charge in [0.15, 0.2) is 14.6 Å². The fraction of sp³-hybridized carbons (Fsp3) is 0.533. The third-order valence-electron chi connectivity index (χ3n) is 4.00. The summed E-state index contributed by atoms with van der Waals surface area (Å²) in [5, 5.41) is 9.21. The van der Waals surface area contributed by atoms with E-state index in [4.69, 9.17) is 5.73 Å². The Morgan fingerprint density at radius 3 is 2.36 bits per heavy atom. The predicted octanol–water partition coefficient (Wildman–Crippen LogP) is 2.45. The highest BCUT2D eigenvalue weighted by molar-refractivity contribution is 7.93. The Bertz CT molecular complexity index is 672. The van der Waals surface area contributed by atoms with Gasteiger partial charge in [-0.05, 0) is 25.8 Å². The maximum atomic E-state index is 13.8. The van der Waals surface area contributed by atoms with Crippen molar-refractivity contribution in [3.8, 4) is 6.07 Å². The summed E-state index contributed by atoms with van der Waals surface area (Å²) in [6.07, 6.45) is -0.331. The van der Waals surface area contributed by atoms with E-state index in [1.54, 1.807) is 6.07 Å². The molecular formula is C15H20F2N2O2S. The quantitative estimate of drug-likeness (QED) is 0.832. The summed E-state index contributed by atoms with van der Waals surface area (Å²) in [6, 6.07) is 7.29. The first-order valence-electron chi connectivity index (χ1n) is 6.89. The van der Waals surface area contributed by atoms with Crippen molar-refractivity contribution in [2.24, 2.45) is 5.73 Å². The van der Waals surface area contributed by atoms with Gasteiger partial charge >= 0.3 is 0 Å². The van der Waals surface area contributed by atoms with Crippen molar-refractivity contribution in [2.75, 3.05) is 12.4 Å². The van der Waals surface area contributed by atoms with Gasteiger partial charge in [0.2, 0.25) is 0 Å². The van der Waals surface area contributed by atoms with Crippen LogP contribution in [0.4, 0.5) is 8.78 Å². The minimum atomic E-state index is -3.67. The number of hydrogen-bond donors (Lipinski definition) is 1. The van der Waals surface area contributed by atoms with Crippen molar-refractivity contribution in [3.63, 3.8) is 0 Å². The number of nitrogens with two attached hydrogens (primary N) is 1. The van der Waals surface area contributed by atoms with Crippen LogP contribution in [0, 0.1) is 17.1 Å². The summed E-state index contributed by atoms with van der Waals surface area (Å²) < 4.78 is 49.7. The number of rotatable bonds is 7. The standard InChI is InChI=1S/C15H20F2N2O2S/c1-3-22(20,21)14(2,11-18)8-9-15(19,10-16)12-6-4-5-7-13(12)17/h4-7H,3,8-10,19H2,1-2H3/t14-,15-/m1/s1. The van der Waals surface area contributed by atoms with E-state index in [2.05, 4.69) is 0 Å². The lowest BCUT2D eigenvalue weighted by Crippen LogP contribution is -2.44. The molecule has 2 N–H and O–H groups in total. The molecule has 0 aliphatic carbocycles. The Morgan fingerprint density at radius 2 is 1.91 bits per heavy atom. The van der Waals surface area contributed by atoms with Crippen molar-refractivity contribution in [2.45, 2.75) is 37.0 Å². The third-order valence-corrected chi connectivity index (χ3v) is 6.43. The first-order chi connectivity index (χ1) is 10.2. The molecular weight excluding hydrogens is 310 g/mol. The van der Waals surface area contributed by atoms with E-state index in [1.165, 1.54) is 38.1 Å². The van der Waals surface area contributed by atoms with Crippen molar-refractivity contribution in [1.29, 1.82) is 5.26 Å². The molecule has 0 spiro atoms. The van der Waals surface area contributed by atoms with Crippen molar-refractivity contribution in [3.05, 3.63) is 35.6 Å². The van der Waals surface area contributed by atoms with E-state index in [9.17, 15) is 22.5 Å². The Hall–Kier alpha value is -1.52. The lowest BCUT2D eigenvalue weighted by molar-refractivity contribution is 0.275. The molecule has 0 radical (unpaired) electrons. The van der Waals surface area contributed by atoms with Crippen LogP contribution in [0.2, 0.25) is 0 Å². The monoisotopic (exact) mass is 330 g/mol. The zero-order chi connectivity index (χ0) is 17.0. The van der Waals surface area contributed by atoms with E-state index < -0.39 is 32.6 Å². The zero-order valence-corrected chi connectivity index (χ0v) is 13.5. The molecule has 0 aliphatic rings. The highest BCUT2D eigenvalue weighted by Crippen LogP contribution is 2.32. The molecule has 4 nitrogen and oxygen atoms in total. The van der Waals surface area contributed by atoms with Crippen LogP contribution in [0.15, 0.2) is 24.3 Å². The van der Waals surface area contributed by atoms with Gasteiger partial charge in [-0.2, -0.15) is 5.26 Å². The van der Waals surface area contributed by atoms with Gasteiger partial charge in [-0.1, -0.05) is 25.1 Å². The van der Waals surface area contributed by atoms with Gasteiger partial charge in [-0.15, -0.1) is 0 Å². The van der Waals surface area contributed by atoms with Gasteiger partial charge in [0.25, 0.3) is 0 Å². The summed E-state index contributed by atoms with van der Waals surface area (Å²) in [4.78, 5) is 0. The zero-order valence-electron chi connectivity index (χ0n) is 12.6.